The molecule has 100 valence electrons. The molecule has 2 unspecified atom stereocenters. The topological polar surface area (TPSA) is 6.48 Å². The zero-order chi connectivity index (χ0) is 13.4. The van der Waals surface area contributed by atoms with E-state index in [1.807, 2.05) is 24.8 Å². The quantitative estimate of drug-likeness (QED) is 0.639. The number of hydrogen-bond acceptors (Lipinski definition) is 2. The second-order valence-corrected chi connectivity index (χ2v) is 5.02. The van der Waals surface area contributed by atoms with Crippen molar-refractivity contribution in [1.29, 1.82) is 0 Å². The fraction of sp³-hybridized carbons (Fsp3) is 0.500. The molecular weight excluding hydrogens is 220 g/mol. The summed E-state index contributed by atoms with van der Waals surface area (Å²) in [6.07, 6.45) is 12.7. The molecule has 1 saturated carbocycles. The van der Waals surface area contributed by atoms with Gasteiger partial charge in [0.15, 0.2) is 0 Å². The van der Waals surface area contributed by atoms with Crippen LogP contribution >= 0.6 is 0 Å². The third kappa shape index (κ3) is 4.44. The zero-order valence-electron chi connectivity index (χ0n) is 11.4. The van der Waals surface area contributed by atoms with Crippen molar-refractivity contribution >= 4 is 0 Å². The average Bonchev–Trinajstić information content (AvgIpc) is 2.42. The van der Waals surface area contributed by atoms with Gasteiger partial charge in [0.25, 0.3) is 0 Å². The normalized spacial score (nSPS) is 22.9. The molecule has 0 N–H and O–H groups in total. The summed E-state index contributed by atoms with van der Waals surface area (Å²) in [5.74, 6) is 1.49. The second-order valence-electron chi connectivity index (χ2n) is 5.02. The van der Waals surface area contributed by atoms with E-state index in [0.717, 1.165) is 24.9 Å². The highest BCUT2D eigenvalue weighted by molar-refractivity contribution is 4.88. The fourth-order valence-corrected chi connectivity index (χ4v) is 2.78. The van der Waals surface area contributed by atoms with E-state index in [1.165, 1.54) is 25.7 Å². The third-order valence-electron chi connectivity index (χ3n) is 3.77. The maximum atomic E-state index is 3.81. The summed E-state index contributed by atoms with van der Waals surface area (Å²) in [5.41, 5.74) is 0. The van der Waals surface area contributed by atoms with Gasteiger partial charge in [0.2, 0.25) is 0 Å². The van der Waals surface area contributed by atoms with E-state index in [-0.39, 0.29) is 0 Å². The number of hydrogen-bond donors (Lipinski definition) is 0. The maximum absolute atomic E-state index is 3.81. The third-order valence-corrected chi connectivity index (χ3v) is 3.77. The predicted octanol–water partition coefficient (Wildman–Crippen LogP) is 3.97. The Hall–Kier alpha value is -1.44. The first-order valence-corrected chi connectivity index (χ1v) is 6.75. The first kappa shape index (κ1) is 14.6. The Morgan fingerprint density at radius 1 is 0.778 bits per heavy atom. The van der Waals surface area contributed by atoms with Crippen LogP contribution in [-0.2, 0) is 0 Å². The molecular formula is C16H26N2. The standard InChI is InChI=1S/C16H26N2/c1-5-17(6-2)13-15-10-9-11-16(12-15)14-18(7-3)8-4/h5-8,15-16H,1-4,9-14H2. The van der Waals surface area contributed by atoms with E-state index in [1.54, 1.807) is 0 Å². The monoisotopic (exact) mass is 246 g/mol. The lowest BCUT2D eigenvalue weighted by Gasteiger charge is -2.33. The van der Waals surface area contributed by atoms with E-state index < -0.39 is 0 Å². The van der Waals surface area contributed by atoms with Gasteiger partial charge in [0, 0.05) is 13.1 Å². The van der Waals surface area contributed by atoms with Crippen LogP contribution in [0.25, 0.3) is 0 Å². The summed E-state index contributed by atoms with van der Waals surface area (Å²) in [4.78, 5) is 4.18. The summed E-state index contributed by atoms with van der Waals surface area (Å²) >= 11 is 0. The minimum atomic E-state index is 0.747. The summed E-state index contributed by atoms with van der Waals surface area (Å²) < 4.78 is 0. The van der Waals surface area contributed by atoms with Gasteiger partial charge in [-0.2, -0.15) is 0 Å². The molecule has 2 heteroatoms. The molecule has 1 fully saturated rings. The predicted molar refractivity (Wildman–Crippen MR) is 79.6 cm³/mol. The molecule has 1 rings (SSSR count). The lowest BCUT2D eigenvalue weighted by molar-refractivity contribution is 0.210. The number of rotatable bonds is 8. The molecule has 0 radical (unpaired) electrons. The minimum Gasteiger partial charge on any atom is -0.355 e. The maximum Gasteiger partial charge on any atom is 0.0247 e. The first-order valence-electron chi connectivity index (χ1n) is 6.75. The van der Waals surface area contributed by atoms with Crippen LogP contribution < -0.4 is 0 Å². The van der Waals surface area contributed by atoms with Crippen molar-refractivity contribution in [2.75, 3.05) is 13.1 Å². The zero-order valence-corrected chi connectivity index (χ0v) is 11.4. The molecule has 0 aliphatic heterocycles. The van der Waals surface area contributed by atoms with Gasteiger partial charge < -0.3 is 9.80 Å². The van der Waals surface area contributed by atoms with E-state index in [4.69, 9.17) is 0 Å². The van der Waals surface area contributed by atoms with Crippen LogP contribution in [0.4, 0.5) is 0 Å². The van der Waals surface area contributed by atoms with E-state index in [9.17, 15) is 0 Å². The molecule has 2 atom stereocenters. The van der Waals surface area contributed by atoms with Crippen LogP contribution in [0, 0.1) is 11.8 Å². The van der Waals surface area contributed by atoms with E-state index in [2.05, 4.69) is 36.1 Å². The molecule has 1 aliphatic carbocycles. The van der Waals surface area contributed by atoms with Crippen molar-refractivity contribution in [3.05, 3.63) is 51.1 Å². The molecule has 18 heavy (non-hydrogen) atoms. The van der Waals surface area contributed by atoms with Crippen LogP contribution in [0.1, 0.15) is 25.7 Å². The van der Waals surface area contributed by atoms with Gasteiger partial charge in [0.1, 0.15) is 0 Å². The molecule has 0 amide bonds. The van der Waals surface area contributed by atoms with Gasteiger partial charge in [-0.25, -0.2) is 0 Å². The van der Waals surface area contributed by atoms with Crippen molar-refractivity contribution < 1.29 is 0 Å². The first-order chi connectivity index (χ1) is 8.73. The van der Waals surface area contributed by atoms with Crippen LogP contribution in [-0.4, -0.2) is 22.9 Å². The SMILES string of the molecule is C=CN(C=C)CC1CCCC(CN(C=C)C=C)C1. The lowest BCUT2D eigenvalue weighted by atomic mass is 9.81. The van der Waals surface area contributed by atoms with Gasteiger partial charge in [0.05, 0.1) is 0 Å². The molecule has 1 aliphatic rings. The Labute approximate surface area is 112 Å². The Kier molecular flexibility index (Phi) is 6.34. The van der Waals surface area contributed by atoms with Crippen molar-refractivity contribution in [2.45, 2.75) is 25.7 Å². The summed E-state index contributed by atoms with van der Waals surface area (Å²) in [7, 11) is 0. The van der Waals surface area contributed by atoms with Gasteiger partial charge in [-0.05, 0) is 55.9 Å². The summed E-state index contributed by atoms with van der Waals surface area (Å²) in [5, 5.41) is 0. The van der Waals surface area contributed by atoms with Gasteiger partial charge in [-0.15, -0.1) is 0 Å². The molecule has 0 saturated heterocycles. The van der Waals surface area contributed by atoms with Crippen LogP contribution in [0.2, 0.25) is 0 Å². The van der Waals surface area contributed by atoms with Gasteiger partial charge >= 0.3 is 0 Å². The highest BCUT2D eigenvalue weighted by atomic mass is 15.1. The van der Waals surface area contributed by atoms with Crippen LogP contribution in [0.5, 0.6) is 0 Å². The summed E-state index contributed by atoms with van der Waals surface area (Å²) in [6.45, 7) is 17.3. The molecule has 0 spiro atoms. The number of nitrogens with zero attached hydrogens (tertiary/aromatic N) is 2. The minimum absolute atomic E-state index is 0.747. The van der Waals surface area contributed by atoms with E-state index >= 15 is 0 Å². The molecule has 0 aromatic carbocycles. The Morgan fingerprint density at radius 2 is 1.17 bits per heavy atom. The largest absolute Gasteiger partial charge is 0.355 e. The van der Waals surface area contributed by atoms with Crippen LogP contribution in [0.15, 0.2) is 51.1 Å². The fourth-order valence-electron chi connectivity index (χ4n) is 2.78. The Bertz CT molecular complexity index is 251. The van der Waals surface area contributed by atoms with E-state index in [0.29, 0.717) is 0 Å². The molecule has 0 bridgehead atoms. The van der Waals surface area contributed by atoms with Gasteiger partial charge in [-0.1, -0.05) is 32.7 Å². The lowest BCUT2D eigenvalue weighted by Crippen LogP contribution is -2.29. The Balaban J connectivity index is 2.44. The molecule has 0 heterocycles. The van der Waals surface area contributed by atoms with Crippen molar-refractivity contribution in [1.82, 2.24) is 9.80 Å². The highest BCUT2D eigenvalue weighted by Gasteiger charge is 2.23. The van der Waals surface area contributed by atoms with Crippen LogP contribution in [0.3, 0.4) is 0 Å². The average molecular weight is 246 g/mol. The highest BCUT2D eigenvalue weighted by Crippen LogP contribution is 2.30. The smallest absolute Gasteiger partial charge is 0.0247 e. The molecule has 0 aromatic heterocycles. The van der Waals surface area contributed by atoms with Gasteiger partial charge in [-0.3, -0.25) is 0 Å². The molecule has 2 nitrogen and oxygen atoms in total. The Morgan fingerprint density at radius 3 is 1.50 bits per heavy atom. The second kappa shape index (κ2) is 7.80. The van der Waals surface area contributed by atoms with Crippen molar-refractivity contribution in [3.8, 4) is 0 Å². The molecule has 0 aromatic rings. The van der Waals surface area contributed by atoms with Crippen molar-refractivity contribution in [3.63, 3.8) is 0 Å². The van der Waals surface area contributed by atoms with Crippen molar-refractivity contribution in [2.24, 2.45) is 11.8 Å². The summed E-state index contributed by atoms with van der Waals surface area (Å²) in [6, 6.07) is 0.